The predicted octanol–water partition coefficient (Wildman–Crippen LogP) is 3.35. The number of amides is 1. The van der Waals surface area contributed by atoms with Crippen LogP contribution in [0.5, 0.6) is 0 Å². The van der Waals surface area contributed by atoms with Gasteiger partial charge in [-0.1, -0.05) is 30.3 Å². The summed E-state index contributed by atoms with van der Waals surface area (Å²) in [6.45, 7) is 0.215. The Labute approximate surface area is 165 Å². The lowest BCUT2D eigenvalue weighted by Crippen LogP contribution is -2.54. The lowest BCUT2D eigenvalue weighted by atomic mass is 9.49. The summed E-state index contributed by atoms with van der Waals surface area (Å²) < 4.78 is 5.55. The lowest BCUT2D eigenvalue weighted by Gasteiger charge is -2.55. The third kappa shape index (κ3) is 3.99. The molecule has 0 saturated heterocycles. The summed E-state index contributed by atoms with van der Waals surface area (Å²) in [5.74, 6) is 1.87. The highest BCUT2D eigenvalue weighted by atomic mass is 35.5. The van der Waals surface area contributed by atoms with Crippen molar-refractivity contribution in [3.8, 4) is 0 Å². The Morgan fingerprint density at radius 3 is 2.22 bits per heavy atom. The van der Waals surface area contributed by atoms with E-state index in [9.17, 15) is 9.59 Å². The summed E-state index contributed by atoms with van der Waals surface area (Å²) >= 11 is 5.41. The molecule has 4 saturated carbocycles. The Hall–Kier alpha value is -1.59. The zero-order chi connectivity index (χ0) is 18.9. The van der Waals surface area contributed by atoms with E-state index in [-0.39, 0.29) is 17.9 Å². The molecule has 1 aromatic carbocycles. The van der Waals surface area contributed by atoms with Crippen LogP contribution in [-0.2, 0) is 14.3 Å². The molecule has 6 heteroatoms. The maximum atomic E-state index is 13.2. The SMILES string of the molecule is O=C(CNCl)O[C@H](CNC(=O)C12CC3CC(CC(C3)C1)C2)c1ccccc1. The molecular weight excluding hydrogens is 364 g/mol. The van der Waals surface area contributed by atoms with Crippen LogP contribution in [-0.4, -0.2) is 25.0 Å². The molecular formula is C21H27ClN2O3. The maximum Gasteiger partial charge on any atom is 0.321 e. The average Bonchev–Trinajstić information content (AvgIpc) is 2.64. The van der Waals surface area contributed by atoms with E-state index in [0.29, 0.717) is 6.54 Å². The second-order valence-corrected chi connectivity index (χ2v) is 8.87. The van der Waals surface area contributed by atoms with Gasteiger partial charge in [0.15, 0.2) is 0 Å². The first-order valence-electron chi connectivity index (χ1n) is 9.94. The van der Waals surface area contributed by atoms with Crippen LogP contribution < -0.4 is 10.2 Å². The lowest BCUT2D eigenvalue weighted by molar-refractivity contribution is -0.151. The van der Waals surface area contributed by atoms with Crippen molar-refractivity contribution in [3.63, 3.8) is 0 Å². The molecule has 146 valence electrons. The predicted molar refractivity (Wildman–Crippen MR) is 103 cm³/mol. The molecule has 4 aliphatic rings. The third-order valence-electron chi connectivity index (χ3n) is 6.62. The Morgan fingerprint density at radius 2 is 1.67 bits per heavy atom. The molecule has 0 radical (unpaired) electrons. The number of nitrogens with one attached hydrogen (secondary N) is 2. The van der Waals surface area contributed by atoms with Gasteiger partial charge in [0, 0.05) is 5.41 Å². The van der Waals surface area contributed by atoms with Crippen LogP contribution >= 0.6 is 11.8 Å². The van der Waals surface area contributed by atoms with Crippen molar-refractivity contribution in [1.82, 2.24) is 10.2 Å². The fourth-order valence-corrected chi connectivity index (χ4v) is 6.02. The van der Waals surface area contributed by atoms with E-state index in [4.69, 9.17) is 16.5 Å². The second kappa shape index (κ2) is 7.80. The number of carbonyl (C=O) groups excluding carboxylic acids is 2. The molecule has 4 fully saturated rings. The molecule has 0 heterocycles. The zero-order valence-electron chi connectivity index (χ0n) is 15.5. The molecule has 0 aliphatic heterocycles. The quantitative estimate of drug-likeness (QED) is 0.553. The van der Waals surface area contributed by atoms with Gasteiger partial charge in [-0.15, -0.1) is 0 Å². The summed E-state index contributed by atoms with van der Waals surface area (Å²) in [4.78, 5) is 27.4. The molecule has 1 aromatic rings. The Kier molecular flexibility index (Phi) is 5.42. The number of halogens is 1. The summed E-state index contributed by atoms with van der Waals surface area (Å²) in [5.41, 5.74) is 0.670. The first-order chi connectivity index (χ1) is 13.1. The van der Waals surface area contributed by atoms with Gasteiger partial charge in [0.1, 0.15) is 12.6 Å². The van der Waals surface area contributed by atoms with Crippen LogP contribution in [0.2, 0.25) is 0 Å². The summed E-state index contributed by atoms with van der Waals surface area (Å²) in [7, 11) is 0. The van der Waals surface area contributed by atoms with Gasteiger partial charge in [-0.2, -0.15) is 0 Å². The standard InChI is InChI=1S/C21H27ClN2O3/c22-24-13-19(25)27-18(17-4-2-1-3-5-17)12-23-20(26)21-9-14-6-15(10-21)8-16(7-14)11-21/h1-5,14-16,18,24H,6-13H2,(H,23,26)/t14?,15?,16?,18-,21?/m1/s1. The highest BCUT2D eigenvalue weighted by Gasteiger charge is 2.54. The number of hydrogen-bond acceptors (Lipinski definition) is 4. The number of carbonyl (C=O) groups is 2. The molecule has 1 amide bonds. The molecule has 0 spiro atoms. The topological polar surface area (TPSA) is 67.4 Å². The second-order valence-electron chi connectivity index (χ2n) is 8.61. The zero-order valence-corrected chi connectivity index (χ0v) is 16.2. The van der Waals surface area contributed by atoms with Gasteiger partial charge in [-0.25, -0.2) is 4.84 Å². The van der Waals surface area contributed by atoms with E-state index in [1.165, 1.54) is 19.3 Å². The molecule has 5 nitrogen and oxygen atoms in total. The molecule has 5 rings (SSSR count). The normalized spacial score (nSPS) is 32.1. The van der Waals surface area contributed by atoms with Gasteiger partial charge >= 0.3 is 5.97 Å². The highest BCUT2D eigenvalue weighted by Crippen LogP contribution is 2.60. The molecule has 1 atom stereocenters. The van der Waals surface area contributed by atoms with Crippen molar-refractivity contribution >= 4 is 23.7 Å². The minimum atomic E-state index is -0.512. The summed E-state index contributed by atoms with van der Waals surface area (Å²) in [6, 6.07) is 9.52. The number of benzene rings is 1. The van der Waals surface area contributed by atoms with Gasteiger partial charge in [0.05, 0.1) is 6.54 Å². The summed E-state index contributed by atoms with van der Waals surface area (Å²) in [5, 5.41) is 3.12. The minimum Gasteiger partial charge on any atom is -0.455 e. The molecule has 4 bridgehead atoms. The number of rotatable bonds is 7. The molecule has 4 aliphatic carbocycles. The van der Waals surface area contributed by atoms with E-state index in [1.807, 2.05) is 30.3 Å². The van der Waals surface area contributed by atoms with Crippen LogP contribution in [0.25, 0.3) is 0 Å². The van der Waals surface area contributed by atoms with E-state index in [1.54, 1.807) is 0 Å². The van der Waals surface area contributed by atoms with Gasteiger partial charge in [0.2, 0.25) is 5.91 Å². The van der Waals surface area contributed by atoms with Crippen molar-refractivity contribution in [2.24, 2.45) is 23.2 Å². The van der Waals surface area contributed by atoms with E-state index in [2.05, 4.69) is 10.2 Å². The van der Waals surface area contributed by atoms with Crippen LogP contribution in [0.4, 0.5) is 0 Å². The van der Waals surface area contributed by atoms with Gasteiger partial charge in [0.25, 0.3) is 0 Å². The first kappa shape index (κ1) is 18.8. The molecule has 27 heavy (non-hydrogen) atoms. The molecule has 2 N–H and O–H groups in total. The summed E-state index contributed by atoms with van der Waals surface area (Å²) in [6.07, 6.45) is 6.48. The fraction of sp³-hybridized carbons (Fsp3) is 0.619. The van der Waals surface area contributed by atoms with E-state index in [0.717, 1.165) is 42.6 Å². The molecule has 0 unspecified atom stereocenters. The van der Waals surface area contributed by atoms with Crippen LogP contribution in [0.1, 0.15) is 50.2 Å². The van der Waals surface area contributed by atoms with E-state index < -0.39 is 12.1 Å². The minimum absolute atomic E-state index is 0.0756. The third-order valence-corrected chi connectivity index (χ3v) is 6.76. The van der Waals surface area contributed by atoms with Gasteiger partial charge < -0.3 is 10.1 Å². The Bertz CT molecular complexity index is 659. The average molecular weight is 391 g/mol. The maximum absolute atomic E-state index is 13.2. The van der Waals surface area contributed by atoms with Crippen molar-refractivity contribution in [3.05, 3.63) is 35.9 Å². The van der Waals surface area contributed by atoms with E-state index >= 15 is 0 Å². The molecule has 0 aromatic heterocycles. The van der Waals surface area contributed by atoms with Gasteiger partial charge in [-0.05, 0) is 73.6 Å². The smallest absolute Gasteiger partial charge is 0.321 e. The van der Waals surface area contributed by atoms with Crippen LogP contribution in [0.3, 0.4) is 0 Å². The highest BCUT2D eigenvalue weighted by molar-refractivity contribution is 6.14. The Morgan fingerprint density at radius 1 is 1.07 bits per heavy atom. The van der Waals surface area contributed by atoms with Crippen molar-refractivity contribution in [2.75, 3.05) is 13.1 Å². The number of hydrogen-bond donors (Lipinski definition) is 2. The van der Waals surface area contributed by atoms with Crippen molar-refractivity contribution in [2.45, 2.75) is 44.6 Å². The van der Waals surface area contributed by atoms with Gasteiger partial charge in [-0.3, -0.25) is 9.59 Å². The first-order valence-corrected chi connectivity index (χ1v) is 10.3. The van der Waals surface area contributed by atoms with Crippen LogP contribution in [0.15, 0.2) is 30.3 Å². The monoisotopic (exact) mass is 390 g/mol. The van der Waals surface area contributed by atoms with Crippen molar-refractivity contribution in [1.29, 1.82) is 0 Å². The van der Waals surface area contributed by atoms with Crippen molar-refractivity contribution < 1.29 is 14.3 Å². The van der Waals surface area contributed by atoms with Crippen LogP contribution in [0, 0.1) is 23.2 Å². The number of ether oxygens (including phenoxy) is 1. The number of esters is 1. The fourth-order valence-electron chi connectivity index (χ4n) is 5.91. The largest absolute Gasteiger partial charge is 0.455 e. The Balaban J connectivity index is 1.42.